The maximum Gasteiger partial charge on any atom is 0.357 e. The van der Waals surface area contributed by atoms with Crippen molar-refractivity contribution in [1.82, 2.24) is 5.43 Å². The molecule has 2 aromatic rings. The van der Waals surface area contributed by atoms with Crippen molar-refractivity contribution in [2.24, 2.45) is 5.10 Å². The number of carboxylic acid groups (broad SMARTS) is 1. The molecule has 1 heterocycles. The van der Waals surface area contributed by atoms with Crippen LogP contribution in [0, 0.1) is 0 Å². The first-order chi connectivity index (χ1) is 9.75. The summed E-state index contributed by atoms with van der Waals surface area (Å²) in [6.07, 6.45) is 1.50. The van der Waals surface area contributed by atoms with E-state index in [0.29, 0.717) is 5.56 Å². The molecule has 20 heavy (non-hydrogen) atoms. The van der Waals surface area contributed by atoms with Crippen LogP contribution in [0.5, 0.6) is 0 Å². The Balaban J connectivity index is 2.14. The second-order valence-corrected chi connectivity index (χ2v) is 4.44. The maximum atomic E-state index is 11.9. The van der Waals surface area contributed by atoms with Gasteiger partial charge in [0.1, 0.15) is 6.34 Å². The summed E-state index contributed by atoms with van der Waals surface area (Å²) < 4.78 is 0. The number of nitrogens with zero attached hydrogens (tertiary/aromatic N) is 2. The number of hydrogen-bond acceptors (Lipinski definition) is 4. The lowest BCUT2D eigenvalue weighted by molar-refractivity contribution is -0.144. The van der Waals surface area contributed by atoms with Crippen molar-refractivity contribution in [3.8, 4) is 0 Å². The van der Waals surface area contributed by atoms with Crippen molar-refractivity contribution in [2.45, 2.75) is 5.66 Å². The van der Waals surface area contributed by atoms with Crippen LogP contribution >= 0.6 is 0 Å². The summed E-state index contributed by atoms with van der Waals surface area (Å²) >= 11 is 0. The predicted octanol–water partition coefficient (Wildman–Crippen LogP) is 1.98. The summed E-state index contributed by atoms with van der Waals surface area (Å²) in [7, 11) is 0. The van der Waals surface area contributed by atoms with Gasteiger partial charge < -0.3 is 5.11 Å². The number of carbonyl (C=O) groups is 1. The fourth-order valence-electron chi connectivity index (χ4n) is 2.33. The zero-order chi connectivity index (χ0) is 14.0. The molecule has 2 aromatic carbocycles. The van der Waals surface area contributed by atoms with Crippen molar-refractivity contribution in [1.29, 1.82) is 0 Å². The lowest BCUT2D eigenvalue weighted by atomic mass is 9.98. The Hall–Kier alpha value is -2.82. The molecule has 3 rings (SSSR count). The number of nitrogens with one attached hydrogen (secondary N) is 1. The SMILES string of the molecule is O=C(O)C1(c2ccccc2)NN=CN1c1ccccc1. The highest BCUT2D eigenvalue weighted by atomic mass is 16.4. The van der Waals surface area contributed by atoms with Crippen molar-refractivity contribution < 1.29 is 9.90 Å². The van der Waals surface area contributed by atoms with Gasteiger partial charge in [0, 0.05) is 11.3 Å². The predicted molar refractivity (Wildman–Crippen MR) is 76.3 cm³/mol. The van der Waals surface area contributed by atoms with Gasteiger partial charge in [0.05, 0.1) is 0 Å². The van der Waals surface area contributed by atoms with Gasteiger partial charge in [0.2, 0.25) is 0 Å². The molecule has 1 aliphatic heterocycles. The molecule has 0 radical (unpaired) electrons. The van der Waals surface area contributed by atoms with E-state index in [9.17, 15) is 9.90 Å². The van der Waals surface area contributed by atoms with Gasteiger partial charge in [0.25, 0.3) is 5.66 Å². The summed E-state index contributed by atoms with van der Waals surface area (Å²) in [4.78, 5) is 13.5. The van der Waals surface area contributed by atoms with Crippen LogP contribution in [0.1, 0.15) is 5.56 Å². The lowest BCUT2D eigenvalue weighted by Crippen LogP contribution is -2.55. The van der Waals surface area contributed by atoms with Crippen molar-refractivity contribution >= 4 is 18.0 Å². The molecule has 0 aliphatic carbocycles. The molecule has 0 bridgehead atoms. The highest BCUT2D eigenvalue weighted by Crippen LogP contribution is 2.32. The van der Waals surface area contributed by atoms with Gasteiger partial charge in [-0.1, -0.05) is 48.5 Å². The van der Waals surface area contributed by atoms with E-state index in [1.54, 1.807) is 17.0 Å². The molecule has 100 valence electrons. The minimum atomic E-state index is -1.41. The van der Waals surface area contributed by atoms with Crippen molar-refractivity contribution in [3.05, 3.63) is 66.2 Å². The average molecular weight is 267 g/mol. The Labute approximate surface area is 116 Å². The highest BCUT2D eigenvalue weighted by Gasteiger charge is 2.49. The standard InChI is InChI=1S/C15H13N3O2/c19-14(20)15(12-7-3-1-4-8-12)17-16-11-18(15)13-9-5-2-6-10-13/h1-11,17H,(H,19,20). The molecule has 0 saturated heterocycles. The van der Waals surface area contributed by atoms with Gasteiger partial charge in [-0.3, -0.25) is 10.3 Å². The second kappa shape index (κ2) is 4.70. The Bertz CT molecular complexity index is 643. The smallest absolute Gasteiger partial charge is 0.357 e. The van der Waals surface area contributed by atoms with E-state index < -0.39 is 11.6 Å². The summed E-state index contributed by atoms with van der Waals surface area (Å²) in [5.74, 6) is -1.01. The van der Waals surface area contributed by atoms with Gasteiger partial charge in [-0.2, -0.15) is 5.10 Å². The van der Waals surface area contributed by atoms with Crippen LogP contribution in [-0.2, 0) is 10.5 Å². The first-order valence-corrected chi connectivity index (χ1v) is 6.19. The third kappa shape index (κ3) is 1.72. The molecule has 0 fully saturated rings. The Morgan fingerprint density at radius 2 is 1.65 bits per heavy atom. The summed E-state index contributed by atoms with van der Waals surface area (Å²) in [6, 6.07) is 18.3. The van der Waals surface area contributed by atoms with Crippen LogP contribution < -0.4 is 10.3 Å². The summed E-state index contributed by atoms with van der Waals surface area (Å²) in [5, 5.41) is 13.7. The molecule has 0 amide bonds. The molecule has 1 aliphatic rings. The number of benzene rings is 2. The summed E-state index contributed by atoms with van der Waals surface area (Å²) in [5.41, 5.74) is 2.69. The van der Waals surface area contributed by atoms with Crippen LogP contribution in [0.2, 0.25) is 0 Å². The zero-order valence-corrected chi connectivity index (χ0v) is 10.6. The van der Waals surface area contributed by atoms with E-state index in [2.05, 4.69) is 10.5 Å². The van der Waals surface area contributed by atoms with Gasteiger partial charge in [-0.25, -0.2) is 4.79 Å². The van der Waals surface area contributed by atoms with Crippen molar-refractivity contribution in [2.75, 3.05) is 4.90 Å². The van der Waals surface area contributed by atoms with E-state index in [4.69, 9.17) is 0 Å². The highest BCUT2D eigenvalue weighted by molar-refractivity contribution is 5.96. The molecule has 0 spiro atoms. The Kier molecular flexibility index (Phi) is 2.87. The lowest BCUT2D eigenvalue weighted by Gasteiger charge is -2.34. The van der Waals surface area contributed by atoms with Crippen LogP contribution in [0.25, 0.3) is 0 Å². The molecule has 0 saturated carbocycles. The van der Waals surface area contributed by atoms with Crippen LogP contribution in [-0.4, -0.2) is 17.4 Å². The minimum absolute atomic E-state index is 0.619. The molecule has 1 atom stereocenters. The minimum Gasteiger partial charge on any atom is -0.478 e. The number of anilines is 1. The van der Waals surface area contributed by atoms with Gasteiger partial charge in [-0.05, 0) is 12.1 Å². The number of hydrogen-bond donors (Lipinski definition) is 2. The third-order valence-corrected chi connectivity index (χ3v) is 3.30. The number of rotatable bonds is 3. The van der Waals surface area contributed by atoms with E-state index in [1.807, 2.05) is 48.5 Å². The molecular weight excluding hydrogens is 254 g/mol. The fourth-order valence-corrected chi connectivity index (χ4v) is 2.33. The first kappa shape index (κ1) is 12.2. The zero-order valence-electron chi connectivity index (χ0n) is 10.6. The number of para-hydroxylation sites is 1. The number of hydrazone groups is 1. The molecule has 5 nitrogen and oxygen atoms in total. The van der Waals surface area contributed by atoms with Crippen LogP contribution in [0.3, 0.4) is 0 Å². The van der Waals surface area contributed by atoms with Crippen LogP contribution in [0.15, 0.2) is 65.8 Å². The first-order valence-electron chi connectivity index (χ1n) is 6.19. The van der Waals surface area contributed by atoms with E-state index >= 15 is 0 Å². The Morgan fingerprint density at radius 3 is 2.25 bits per heavy atom. The molecule has 0 aromatic heterocycles. The molecule has 5 heteroatoms. The number of aliphatic carboxylic acids is 1. The molecule has 1 unspecified atom stereocenters. The van der Waals surface area contributed by atoms with Crippen molar-refractivity contribution in [3.63, 3.8) is 0 Å². The largest absolute Gasteiger partial charge is 0.478 e. The Morgan fingerprint density at radius 1 is 1.05 bits per heavy atom. The molecule has 2 N–H and O–H groups in total. The van der Waals surface area contributed by atoms with Crippen LogP contribution in [0.4, 0.5) is 5.69 Å². The van der Waals surface area contributed by atoms with E-state index in [0.717, 1.165) is 5.69 Å². The molecular formula is C15H13N3O2. The van der Waals surface area contributed by atoms with Gasteiger partial charge >= 0.3 is 5.97 Å². The quantitative estimate of drug-likeness (QED) is 0.892. The van der Waals surface area contributed by atoms with E-state index in [1.165, 1.54) is 6.34 Å². The fraction of sp³-hybridized carbons (Fsp3) is 0.0667. The third-order valence-electron chi connectivity index (χ3n) is 3.30. The maximum absolute atomic E-state index is 11.9. The van der Waals surface area contributed by atoms with E-state index in [-0.39, 0.29) is 0 Å². The van der Waals surface area contributed by atoms with Gasteiger partial charge in [0.15, 0.2) is 0 Å². The number of carboxylic acids is 1. The second-order valence-electron chi connectivity index (χ2n) is 4.44. The topological polar surface area (TPSA) is 64.9 Å². The normalized spacial score (nSPS) is 20.7. The monoisotopic (exact) mass is 267 g/mol. The average Bonchev–Trinajstić information content (AvgIpc) is 2.95. The summed E-state index contributed by atoms with van der Waals surface area (Å²) in [6.45, 7) is 0. The van der Waals surface area contributed by atoms with Gasteiger partial charge in [-0.15, -0.1) is 0 Å².